The Balaban J connectivity index is 1.50. The van der Waals surface area contributed by atoms with Crippen molar-refractivity contribution in [3.63, 3.8) is 0 Å². The second-order valence-electron chi connectivity index (χ2n) is 9.56. The van der Waals surface area contributed by atoms with Gasteiger partial charge in [0.2, 0.25) is 11.8 Å². The van der Waals surface area contributed by atoms with Gasteiger partial charge in [-0.1, -0.05) is 23.7 Å². The van der Waals surface area contributed by atoms with Crippen molar-refractivity contribution in [1.29, 1.82) is 0 Å². The summed E-state index contributed by atoms with van der Waals surface area (Å²) >= 11 is 9.38. The SMILES string of the molecule is COc1ccc(-n2nc(-c3ccc(Cl)cc3)c3c2N(CC(=O)NCc2ccncc2)C(=O)CS[C@@H]3c2ccsc2)cc1. The molecule has 0 fully saturated rings. The highest BCUT2D eigenvalue weighted by Gasteiger charge is 2.37. The predicted molar refractivity (Wildman–Crippen MR) is 168 cm³/mol. The third-order valence-electron chi connectivity index (χ3n) is 6.91. The predicted octanol–water partition coefficient (Wildman–Crippen LogP) is 6.14. The van der Waals surface area contributed by atoms with Gasteiger partial charge in [-0.3, -0.25) is 19.5 Å². The van der Waals surface area contributed by atoms with Gasteiger partial charge in [-0.05, 0) is 76.5 Å². The zero-order valence-corrected chi connectivity index (χ0v) is 25.0. The van der Waals surface area contributed by atoms with Crippen molar-refractivity contribution in [2.75, 3.05) is 24.3 Å². The molecule has 0 saturated heterocycles. The van der Waals surface area contributed by atoms with Crippen LogP contribution in [0.3, 0.4) is 0 Å². The van der Waals surface area contributed by atoms with E-state index in [9.17, 15) is 9.59 Å². The van der Waals surface area contributed by atoms with Gasteiger partial charge in [-0.15, -0.1) is 11.8 Å². The van der Waals surface area contributed by atoms with E-state index in [0.29, 0.717) is 23.1 Å². The van der Waals surface area contributed by atoms with E-state index < -0.39 is 0 Å². The minimum Gasteiger partial charge on any atom is -0.497 e. The highest BCUT2D eigenvalue weighted by atomic mass is 35.5. The van der Waals surface area contributed by atoms with Crippen molar-refractivity contribution in [3.05, 3.63) is 112 Å². The van der Waals surface area contributed by atoms with E-state index in [2.05, 4.69) is 21.7 Å². The van der Waals surface area contributed by atoms with Gasteiger partial charge in [-0.25, -0.2) is 4.68 Å². The highest BCUT2D eigenvalue weighted by molar-refractivity contribution is 8.00. The molecule has 5 aromatic rings. The number of halogens is 1. The Morgan fingerprint density at radius 3 is 2.52 bits per heavy atom. The number of anilines is 1. The number of nitrogens with one attached hydrogen (secondary N) is 1. The summed E-state index contributed by atoms with van der Waals surface area (Å²) in [6.45, 7) is 0.173. The van der Waals surface area contributed by atoms with Gasteiger partial charge in [0.05, 0.1) is 29.5 Å². The van der Waals surface area contributed by atoms with Crippen LogP contribution in [0.1, 0.15) is 21.9 Å². The number of benzene rings is 2. The summed E-state index contributed by atoms with van der Waals surface area (Å²) in [7, 11) is 1.61. The molecule has 0 radical (unpaired) electrons. The maximum atomic E-state index is 13.8. The van der Waals surface area contributed by atoms with Crippen LogP contribution in [0.15, 0.2) is 89.9 Å². The van der Waals surface area contributed by atoms with Gasteiger partial charge in [0.15, 0.2) is 0 Å². The van der Waals surface area contributed by atoms with Crippen molar-refractivity contribution in [1.82, 2.24) is 20.1 Å². The molecule has 212 valence electrons. The molecule has 0 aliphatic carbocycles. The van der Waals surface area contributed by atoms with E-state index in [0.717, 1.165) is 33.6 Å². The number of rotatable bonds is 8. The Kier molecular flexibility index (Phi) is 8.27. The van der Waals surface area contributed by atoms with E-state index in [4.69, 9.17) is 21.4 Å². The van der Waals surface area contributed by atoms with Crippen LogP contribution in [0.25, 0.3) is 16.9 Å². The van der Waals surface area contributed by atoms with Crippen molar-refractivity contribution >= 4 is 52.3 Å². The average molecular weight is 616 g/mol. The maximum absolute atomic E-state index is 13.8. The number of thioether (sulfide) groups is 1. The molecule has 0 unspecified atom stereocenters. The average Bonchev–Trinajstić information content (AvgIpc) is 3.67. The lowest BCUT2D eigenvalue weighted by Gasteiger charge is -2.23. The molecule has 2 aromatic carbocycles. The third-order valence-corrected chi connectivity index (χ3v) is 9.12. The first-order chi connectivity index (χ1) is 20.5. The van der Waals surface area contributed by atoms with Crippen LogP contribution in [-0.2, 0) is 16.1 Å². The molecule has 3 aromatic heterocycles. The fourth-order valence-corrected chi connectivity index (χ4v) is 6.92. The number of fused-ring (bicyclic) bond motifs is 1. The number of amides is 2. The second-order valence-corrected chi connectivity index (χ2v) is 11.9. The lowest BCUT2D eigenvalue weighted by molar-refractivity contribution is -0.123. The number of ether oxygens (including phenoxy) is 1. The van der Waals surface area contributed by atoms with Crippen LogP contribution in [0.2, 0.25) is 5.02 Å². The van der Waals surface area contributed by atoms with E-state index >= 15 is 0 Å². The molecule has 0 saturated carbocycles. The van der Waals surface area contributed by atoms with Gasteiger partial charge in [0.25, 0.3) is 0 Å². The molecular weight excluding hydrogens is 590 g/mol. The fourth-order valence-electron chi connectivity index (χ4n) is 4.83. The molecule has 1 atom stereocenters. The van der Waals surface area contributed by atoms with Gasteiger partial charge in [0.1, 0.15) is 18.1 Å². The largest absolute Gasteiger partial charge is 0.497 e. The van der Waals surface area contributed by atoms with Crippen LogP contribution in [0, 0.1) is 0 Å². The molecule has 0 bridgehead atoms. The Morgan fingerprint density at radius 1 is 1.07 bits per heavy atom. The van der Waals surface area contributed by atoms with Gasteiger partial charge >= 0.3 is 0 Å². The minimum atomic E-state index is -0.277. The normalized spacial score (nSPS) is 14.8. The molecule has 42 heavy (non-hydrogen) atoms. The summed E-state index contributed by atoms with van der Waals surface area (Å²) in [6, 6.07) is 20.7. The lowest BCUT2D eigenvalue weighted by Crippen LogP contribution is -2.42. The summed E-state index contributed by atoms with van der Waals surface area (Å²) in [5, 5.41) is 12.6. The minimum absolute atomic E-state index is 0.157. The number of pyridine rings is 1. The third kappa shape index (κ3) is 5.78. The number of carbonyl (C=O) groups excluding carboxylic acids is 2. The highest BCUT2D eigenvalue weighted by Crippen LogP contribution is 2.49. The van der Waals surface area contributed by atoms with Crippen LogP contribution in [0.5, 0.6) is 5.75 Å². The zero-order valence-electron chi connectivity index (χ0n) is 22.6. The number of nitrogens with zero attached hydrogens (tertiary/aromatic N) is 4. The molecule has 8 nitrogen and oxygen atoms in total. The number of carbonyl (C=O) groups is 2. The molecule has 0 spiro atoms. The topological polar surface area (TPSA) is 89.3 Å². The first-order valence-electron chi connectivity index (χ1n) is 13.1. The Hall–Kier alpha value is -4.12. The van der Waals surface area contributed by atoms with Gasteiger partial charge < -0.3 is 10.1 Å². The molecule has 1 aliphatic heterocycles. The summed E-state index contributed by atoms with van der Waals surface area (Å²) in [4.78, 5) is 32.7. The molecular formula is C31H26ClN5O3S2. The quantitative estimate of drug-likeness (QED) is 0.225. The van der Waals surface area contributed by atoms with E-state index in [1.165, 1.54) is 11.8 Å². The summed E-state index contributed by atoms with van der Waals surface area (Å²) in [5.74, 6) is 1.02. The summed E-state index contributed by atoms with van der Waals surface area (Å²) in [5.41, 5.74) is 5.18. The maximum Gasteiger partial charge on any atom is 0.240 e. The fraction of sp³-hybridized carbons (Fsp3) is 0.161. The van der Waals surface area contributed by atoms with E-state index in [-0.39, 0.29) is 29.4 Å². The van der Waals surface area contributed by atoms with Crippen LogP contribution in [0.4, 0.5) is 5.82 Å². The Morgan fingerprint density at radius 2 is 1.83 bits per heavy atom. The molecule has 4 heterocycles. The molecule has 6 rings (SSSR count). The Labute approximate surface area is 256 Å². The molecule has 2 amide bonds. The first-order valence-corrected chi connectivity index (χ1v) is 15.5. The molecule has 11 heteroatoms. The van der Waals surface area contributed by atoms with Crippen molar-refractivity contribution < 1.29 is 14.3 Å². The van der Waals surface area contributed by atoms with Crippen LogP contribution in [-0.4, -0.2) is 46.0 Å². The number of methoxy groups -OCH3 is 1. The number of aromatic nitrogens is 3. The monoisotopic (exact) mass is 615 g/mol. The van der Waals surface area contributed by atoms with E-state index in [1.54, 1.807) is 40.4 Å². The summed E-state index contributed by atoms with van der Waals surface area (Å²) in [6.07, 6.45) is 3.36. The Bertz CT molecular complexity index is 1690. The first kappa shape index (κ1) is 28.0. The molecule has 1 N–H and O–H groups in total. The summed E-state index contributed by atoms with van der Waals surface area (Å²) < 4.78 is 7.14. The number of hydrogen-bond donors (Lipinski definition) is 1. The molecule has 1 aliphatic rings. The van der Waals surface area contributed by atoms with E-state index in [1.807, 2.05) is 66.0 Å². The standard InChI is InChI=1S/C31H26ClN5O3S2/c1-40-25-8-6-24(7-9-25)37-31-28(29(35-37)21-2-4-23(32)5-3-21)30(22-12-15-41-18-22)42-19-27(39)36(31)17-26(38)34-16-20-10-13-33-14-11-20/h2-15,18,30H,16-17,19H2,1H3,(H,34,38)/t30-/m1/s1. The smallest absolute Gasteiger partial charge is 0.240 e. The number of thiophene rings is 1. The van der Waals surface area contributed by atoms with Gasteiger partial charge in [0, 0.05) is 35.1 Å². The van der Waals surface area contributed by atoms with Crippen molar-refractivity contribution in [2.45, 2.75) is 11.8 Å². The van der Waals surface area contributed by atoms with Crippen LogP contribution >= 0.6 is 34.7 Å². The van der Waals surface area contributed by atoms with Crippen molar-refractivity contribution in [2.24, 2.45) is 0 Å². The van der Waals surface area contributed by atoms with Crippen molar-refractivity contribution in [3.8, 4) is 22.7 Å². The van der Waals surface area contributed by atoms with Gasteiger partial charge in [-0.2, -0.15) is 16.4 Å². The number of hydrogen-bond acceptors (Lipinski definition) is 7. The van der Waals surface area contributed by atoms with Crippen LogP contribution < -0.4 is 15.0 Å². The lowest BCUT2D eigenvalue weighted by atomic mass is 10.0. The zero-order chi connectivity index (χ0) is 29.1. The second kappa shape index (κ2) is 12.4.